The minimum Gasteiger partial charge on any atom is -0.504 e. The van der Waals surface area contributed by atoms with Crippen LogP contribution in [-0.2, 0) is 6.54 Å². The molecule has 2 N–H and O–H groups in total. The second-order valence-electron chi connectivity index (χ2n) is 5.87. The van der Waals surface area contributed by atoms with E-state index in [4.69, 9.17) is 4.74 Å². The summed E-state index contributed by atoms with van der Waals surface area (Å²) in [7, 11) is 0. The summed E-state index contributed by atoms with van der Waals surface area (Å²) in [6.07, 6.45) is 2.07. The van der Waals surface area contributed by atoms with E-state index in [2.05, 4.69) is 46.4 Å². The molecule has 2 aromatic carbocycles. The first-order valence-electron chi connectivity index (χ1n) is 8.23. The number of hydrogen-bond donors (Lipinski definition) is 2. The van der Waals surface area contributed by atoms with Crippen LogP contribution in [0.25, 0.3) is 5.69 Å². The maximum Gasteiger partial charge on any atom is 0.162 e. The predicted octanol–water partition coefficient (Wildman–Crippen LogP) is 3.77. The Labute approximate surface area is 141 Å². The third-order valence-corrected chi connectivity index (χ3v) is 4.46. The molecule has 3 aromatic rings. The van der Waals surface area contributed by atoms with Crippen molar-refractivity contribution < 1.29 is 9.84 Å². The van der Waals surface area contributed by atoms with E-state index >= 15 is 0 Å². The number of benzene rings is 2. The molecular formula is C20H20N2O2. The van der Waals surface area contributed by atoms with Crippen molar-refractivity contribution in [1.29, 1.82) is 0 Å². The number of nitrogens with one attached hydrogen (secondary N) is 1. The topological polar surface area (TPSA) is 46.4 Å². The summed E-state index contributed by atoms with van der Waals surface area (Å²) < 4.78 is 7.73. The van der Waals surface area contributed by atoms with Crippen LogP contribution in [0.2, 0.25) is 0 Å². The first-order valence-corrected chi connectivity index (χ1v) is 8.23. The number of aromatic nitrogens is 1. The summed E-state index contributed by atoms with van der Waals surface area (Å²) in [5.41, 5.74) is 4.34. The third kappa shape index (κ3) is 2.36. The Morgan fingerprint density at radius 3 is 2.88 bits per heavy atom. The van der Waals surface area contributed by atoms with Gasteiger partial charge in [0.1, 0.15) is 0 Å². The minimum absolute atomic E-state index is 0.104. The normalized spacial score (nSPS) is 16.1. The molecule has 1 aliphatic rings. The molecule has 4 heteroatoms. The smallest absolute Gasteiger partial charge is 0.162 e. The average molecular weight is 320 g/mol. The van der Waals surface area contributed by atoms with E-state index in [9.17, 15) is 5.11 Å². The number of hydrogen-bond acceptors (Lipinski definition) is 3. The molecule has 4 nitrogen and oxygen atoms in total. The first kappa shape index (κ1) is 14.8. The van der Waals surface area contributed by atoms with E-state index < -0.39 is 0 Å². The largest absolute Gasteiger partial charge is 0.504 e. The Morgan fingerprint density at radius 1 is 1.12 bits per heavy atom. The van der Waals surface area contributed by atoms with Gasteiger partial charge in [-0.2, -0.15) is 0 Å². The summed E-state index contributed by atoms with van der Waals surface area (Å²) in [5.74, 6) is 0.729. The number of phenols is 1. The van der Waals surface area contributed by atoms with Gasteiger partial charge >= 0.3 is 0 Å². The molecule has 1 aliphatic heterocycles. The molecule has 0 saturated carbocycles. The molecule has 4 rings (SSSR count). The average Bonchev–Trinajstić information content (AvgIpc) is 3.02. The summed E-state index contributed by atoms with van der Waals surface area (Å²) in [4.78, 5) is 0. The molecule has 0 bridgehead atoms. The van der Waals surface area contributed by atoms with E-state index in [1.165, 1.54) is 11.3 Å². The number of nitrogens with zero attached hydrogens (tertiary/aromatic N) is 1. The maximum absolute atomic E-state index is 10.7. The molecule has 2 heterocycles. The van der Waals surface area contributed by atoms with Crippen molar-refractivity contribution in [2.75, 3.05) is 6.61 Å². The molecule has 0 unspecified atom stereocenters. The number of aromatic hydroxyl groups is 1. The van der Waals surface area contributed by atoms with E-state index in [-0.39, 0.29) is 11.8 Å². The number of phenolic OH excluding ortho intramolecular Hbond substituents is 1. The quantitative estimate of drug-likeness (QED) is 0.772. The van der Waals surface area contributed by atoms with Crippen LogP contribution < -0.4 is 10.1 Å². The summed E-state index contributed by atoms with van der Waals surface area (Å²) >= 11 is 0. The Balaban J connectivity index is 1.83. The molecule has 0 saturated heterocycles. The predicted molar refractivity (Wildman–Crippen MR) is 93.7 cm³/mol. The van der Waals surface area contributed by atoms with Gasteiger partial charge in [-0.25, -0.2) is 0 Å². The summed E-state index contributed by atoms with van der Waals surface area (Å²) in [5, 5.41) is 14.2. The highest BCUT2D eigenvalue weighted by Gasteiger charge is 2.25. The van der Waals surface area contributed by atoms with Gasteiger partial charge in [0.25, 0.3) is 0 Å². The Kier molecular flexibility index (Phi) is 3.75. The molecular weight excluding hydrogens is 300 g/mol. The molecule has 1 aromatic heterocycles. The maximum atomic E-state index is 10.7. The van der Waals surface area contributed by atoms with Crippen LogP contribution in [0, 0.1) is 0 Å². The third-order valence-electron chi connectivity index (χ3n) is 4.46. The van der Waals surface area contributed by atoms with Gasteiger partial charge in [-0.1, -0.05) is 30.3 Å². The first-order chi connectivity index (χ1) is 11.8. The second-order valence-corrected chi connectivity index (χ2v) is 5.87. The number of ether oxygens (including phenoxy) is 1. The molecule has 122 valence electrons. The van der Waals surface area contributed by atoms with Crippen LogP contribution in [0.15, 0.2) is 60.8 Å². The Bertz CT molecular complexity index is 870. The van der Waals surface area contributed by atoms with Crippen molar-refractivity contribution >= 4 is 0 Å². The molecule has 24 heavy (non-hydrogen) atoms. The van der Waals surface area contributed by atoms with Crippen molar-refractivity contribution in [3.63, 3.8) is 0 Å². The van der Waals surface area contributed by atoms with Crippen molar-refractivity contribution in [1.82, 2.24) is 9.88 Å². The standard InChI is InChI=1S/C20H20N2O2/c1-2-24-18-11-5-8-15(20(18)23)19-17-10-6-12-22(17)16-9-4-3-7-14(16)13-21-19/h3-12,19,21,23H,2,13H2,1H3/t19-/m1/s1. The Hall–Kier alpha value is -2.72. The fourth-order valence-corrected chi connectivity index (χ4v) is 3.37. The highest BCUT2D eigenvalue weighted by molar-refractivity contribution is 5.52. The van der Waals surface area contributed by atoms with Crippen molar-refractivity contribution in [2.45, 2.75) is 19.5 Å². The number of rotatable bonds is 3. The van der Waals surface area contributed by atoms with Crippen LogP contribution in [0.4, 0.5) is 0 Å². The lowest BCUT2D eigenvalue weighted by Gasteiger charge is -2.20. The van der Waals surface area contributed by atoms with Crippen LogP contribution in [0.1, 0.15) is 29.8 Å². The molecule has 0 amide bonds. The molecule has 0 spiro atoms. The summed E-state index contributed by atoms with van der Waals surface area (Å²) in [6, 6.07) is 18.1. The zero-order chi connectivity index (χ0) is 16.5. The van der Waals surface area contributed by atoms with Gasteiger partial charge in [-0.05, 0) is 36.8 Å². The van der Waals surface area contributed by atoms with Gasteiger partial charge in [0.05, 0.1) is 12.6 Å². The van der Waals surface area contributed by atoms with Crippen LogP contribution in [0.3, 0.4) is 0 Å². The van der Waals surface area contributed by atoms with E-state index in [0.717, 1.165) is 17.8 Å². The van der Waals surface area contributed by atoms with Gasteiger partial charge in [0, 0.05) is 29.7 Å². The molecule has 0 radical (unpaired) electrons. The molecule has 1 atom stereocenters. The van der Waals surface area contributed by atoms with Crippen LogP contribution >= 0.6 is 0 Å². The minimum atomic E-state index is -0.104. The van der Waals surface area contributed by atoms with Gasteiger partial charge in [-0.15, -0.1) is 0 Å². The molecule has 0 aliphatic carbocycles. The number of fused-ring (bicyclic) bond motifs is 3. The monoisotopic (exact) mass is 320 g/mol. The summed E-state index contributed by atoms with van der Waals surface area (Å²) in [6.45, 7) is 3.18. The highest BCUT2D eigenvalue weighted by Crippen LogP contribution is 2.38. The zero-order valence-electron chi connectivity index (χ0n) is 13.6. The fourth-order valence-electron chi connectivity index (χ4n) is 3.37. The fraction of sp³-hybridized carbons (Fsp3) is 0.200. The van der Waals surface area contributed by atoms with E-state index in [1.54, 1.807) is 6.07 Å². The van der Waals surface area contributed by atoms with Crippen molar-refractivity contribution in [3.05, 3.63) is 77.6 Å². The Morgan fingerprint density at radius 2 is 2.00 bits per heavy atom. The second kappa shape index (κ2) is 6.06. The lowest BCUT2D eigenvalue weighted by Crippen LogP contribution is -2.21. The van der Waals surface area contributed by atoms with Crippen molar-refractivity contribution in [2.24, 2.45) is 0 Å². The van der Waals surface area contributed by atoms with Crippen molar-refractivity contribution in [3.8, 4) is 17.2 Å². The van der Waals surface area contributed by atoms with E-state index in [0.29, 0.717) is 12.4 Å². The van der Waals surface area contributed by atoms with Crippen LogP contribution in [0.5, 0.6) is 11.5 Å². The van der Waals surface area contributed by atoms with Crippen LogP contribution in [-0.4, -0.2) is 16.3 Å². The van der Waals surface area contributed by atoms with E-state index in [1.807, 2.05) is 25.1 Å². The number of para-hydroxylation sites is 2. The lowest BCUT2D eigenvalue weighted by atomic mass is 10.0. The zero-order valence-corrected chi connectivity index (χ0v) is 13.6. The van der Waals surface area contributed by atoms with Gasteiger partial charge in [-0.3, -0.25) is 0 Å². The van der Waals surface area contributed by atoms with Gasteiger partial charge < -0.3 is 19.7 Å². The van der Waals surface area contributed by atoms with Gasteiger partial charge in [0.15, 0.2) is 11.5 Å². The molecule has 0 fully saturated rings. The SMILES string of the molecule is CCOc1cccc([C@H]2NCc3ccccc3-n3cccc32)c1O. The van der Waals surface area contributed by atoms with Gasteiger partial charge in [0.2, 0.25) is 0 Å². The highest BCUT2D eigenvalue weighted by atomic mass is 16.5. The lowest BCUT2D eigenvalue weighted by molar-refractivity contribution is 0.315.